The molecule has 0 N–H and O–H groups in total. The SMILES string of the molecule is CCCCOc1ccc(-c2[c-]c(F)c(OCC3CC3)cc2)[c-]c1F.[W+2]. The third-order valence-electron chi connectivity index (χ3n) is 3.94. The zero-order valence-electron chi connectivity index (χ0n) is 14.1. The second-order valence-corrected chi connectivity index (χ2v) is 6.06. The molecule has 1 aliphatic rings. The maximum atomic E-state index is 14.1. The van der Waals surface area contributed by atoms with Gasteiger partial charge in [-0.2, -0.15) is 24.3 Å². The van der Waals surface area contributed by atoms with E-state index in [9.17, 15) is 8.78 Å². The standard InChI is InChI=1S/C20H20F2O2.W/c1-2-3-10-23-19-8-6-15(11-17(19)21)16-7-9-20(18(22)12-16)24-13-14-4-5-14;/h6-9,14H,2-5,10,13H2,1H3;/q-2;+2. The van der Waals surface area contributed by atoms with Crippen LogP contribution in [0.3, 0.4) is 0 Å². The monoisotopic (exact) mass is 514 g/mol. The van der Waals surface area contributed by atoms with Crippen molar-refractivity contribution < 1.29 is 39.3 Å². The van der Waals surface area contributed by atoms with Crippen LogP contribution in [0.4, 0.5) is 8.78 Å². The van der Waals surface area contributed by atoms with Crippen LogP contribution in [0.2, 0.25) is 0 Å². The Bertz CT molecular complexity index is 702. The van der Waals surface area contributed by atoms with Gasteiger partial charge in [0.2, 0.25) is 0 Å². The van der Waals surface area contributed by atoms with E-state index >= 15 is 0 Å². The Morgan fingerprint density at radius 3 is 2.00 bits per heavy atom. The summed E-state index contributed by atoms with van der Waals surface area (Å²) in [7, 11) is 0. The Hall–Kier alpha value is -1.41. The minimum Gasteiger partial charge on any atom is -0.534 e. The van der Waals surface area contributed by atoms with Gasteiger partial charge in [-0.05, 0) is 25.2 Å². The van der Waals surface area contributed by atoms with Crippen LogP contribution in [0.15, 0.2) is 24.3 Å². The summed E-state index contributed by atoms with van der Waals surface area (Å²) in [6.07, 6.45) is 4.13. The normalized spacial score (nSPS) is 13.2. The third kappa shape index (κ3) is 5.54. The average Bonchev–Trinajstić information content (AvgIpc) is 3.39. The van der Waals surface area contributed by atoms with Crippen molar-refractivity contribution >= 4 is 0 Å². The minimum absolute atomic E-state index is 0. The van der Waals surface area contributed by atoms with Gasteiger partial charge in [0.1, 0.15) is 0 Å². The van der Waals surface area contributed by atoms with E-state index in [2.05, 4.69) is 12.1 Å². The molecule has 0 saturated heterocycles. The van der Waals surface area contributed by atoms with E-state index < -0.39 is 11.6 Å². The maximum Gasteiger partial charge on any atom is 2.00 e. The summed E-state index contributed by atoms with van der Waals surface area (Å²) in [5.74, 6) is -0.244. The van der Waals surface area contributed by atoms with Crippen molar-refractivity contribution in [3.05, 3.63) is 48.0 Å². The third-order valence-corrected chi connectivity index (χ3v) is 3.94. The Balaban J connectivity index is 0.00000225. The fourth-order valence-corrected chi connectivity index (χ4v) is 2.26. The number of rotatable bonds is 8. The molecular weight excluding hydrogens is 494 g/mol. The van der Waals surface area contributed by atoms with Gasteiger partial charge in [-0.3, -0.25) is 0 Å². The number of benzene rings is 2. The largest absolute Gasteiger partial charge is 2.00 e. The number of halogens is 2. The molecule has 0 bridgehead atoms. The van der Waals surface area contributed by atoms with Crippen LogP contribution >= 0.6 is 0 Å². The van der Waals surface area contributed by atoms with Gasteiger partial charge in [-0.1, -0.05) is 13.3 Å². The number of hydrogen-bond acceptors (Lipinski definition) is 2. The molecule has 0 aromatic heterocycles. The van der Waals surface area contributed by atoms with E-state index in [1.54, 1.807) is 24.3 Å². The second kappa shape index (κ2) is 9.33. The van der Waals surface area contributed by atoms with E-state index in [0.717, 1.165) is 25.7 Å². The van der Waals surface area contributed by atoms with Crippen LogP contribution in [0, 0.1) is 29.7 Å². The van der Waals surface area contributed by atoms with E-state index in [4.69, 9.17) is 9.47 Å². The summed E-state index contributed by atoms with van der Waals surface area (Å²) < 4.78 is 38.9. The summed E-state index contributed by atoms with van der Waals surface area (Å²) in [5.41, 5.74) is 0.869. The molecule has 132 valence electrons. The van der Waals surface area contributed by atoms with Gasteiger partial charge in [0.25, 0.3) is 0 Å². The summed E-state index contributed by atoms with van der Waals surface area (Å²) in [5, 5.41) is 0. The smallest absolute Gasteiger partial charge is 0.534 e. The molecule has 25 heavy (non-hydrogen) atoms. The van der Waals surface area contributed by atoms with Gasteiger partial charge in [-0.15, -0.1) is 12.1 Å². The van der Waals surface area contributed by atoms with Crippen LogP contribution in [0.25, 0.3) is 11.1 Å². The number of hydrogen-bond donors (Lipinski definition) is 0. The quantitative estimate of drug-likeness (QED) is 0.357. The number of unbranched alkanes of at least 4 members (excludes halogenated alkanes) is 1. The van der Waals surface area contributed by atoms with Crippen molar-refractivity contribution in [2.24, 2.45) is 5.92 Å². The maximum absolute atomic E-state index is 14.1. The van der Waals surface area contributed by atoms with Crippen LogP contribution < -0.4 is 9.47 Å². The second-order valence-electron chi connectivity index (χ2n) is 6.06. The number of ether oxygens (including phenoxy) is 2. The molecule has 5 heteroatoms. The van der Waals surface area contributed by atoms with Crippen LogP contribution in [0.5, 0.6) is 11.5 Å². The van der Waals surface area contributed by atoms with E-state index in [0.29, 0.717) is 30.3 Å². The van der Waals surface area contributed by atoms with Gasteiger partial charge in [0.05, 0.1) is 36.3 Å². The first-order valence-corrected chi connectivity index (χ1v) is 8.37. The molecule has 0 aliphatic heterocycles. The fraction of sp³-hybridized carbons (Fsp3) is 0.400. The summed E-state index contributed by atoms with van der Waals surface area (Å²) in [6.45, 7) is 3.04. The van der Waals surface area contributed by atoms with Crippen LogP contribution in [0.1, 0.15) is 32.6 Å². The van der Waals surface area contributed by atoms with Crippen LogP contribution in [-0.2, 0) is 21.1 Å². The molecule has 0 unspecified atom stereocenters. The van der Waals surface area contributed by atoms with Crippen LogP contribution in [-0.4, -0.2) is 13.2 Å². The Morgan fingerprint density at radius 1 is 0.960 bits per heavy atom. The molecular formula is C20H20F2O2W. The molecule has 0 heterocycles. The van der Waals surface area contributed by atoms with Crippen molar-refractivity contribution in [2.75, 3.05) is 13.2 Å². The van der Waals surface area contributed by atoms with E-state index in [-0.39, 0.29) is 32.6 Å². The van der Waals surface area contributed by atoms with Gasteiger partial charge >= 0.3 is 21.1 Å². The van der Waals surface area contributed by atoms with Gasteiger partial charge in [-0.25, -0.2) is 19.9 Å². The molecule has 0 atom stereocenters. The summed E-state index contributed by atoms with van der Waals surface area (Å²) in [6, 6.07) is 11.6. The van der Waals surface area contributed by atoms with Crippen molar-refractivity contribution in [3.8, 4) is 22.6 Å². The molecule has 2 aromatic carbocycles. The zero-order chi connectivity index (χ0) is 16.9. The molecule has 1 fully saturated rings. The van der Waals surface area contributed by atoms with Crippen molar-refractivity contribution in [3.63, 3.8) is 0 Å². The molecule has 3 rings (SSSR count). The topological polar surface area (TPSA) is 18.5 Å². The first-order chi connectivity index (χ1) is 11.7. The molecule has 1 saturated carbocycles. The Labute approximate surface area is 161 Å². The van der Waals surface area contributed by atoms with Crippen molar-refractivity contribution in [1.29, 1.82) is 0 Å². The molecule has 2 nitrogen and oxygen atoms in total. The van der Waals surface area contributed by atoms with Gasteiger partial charge < -0.3 is 9.47 Å². The predicted octanol–water partition coefficient (Wildman–Crippen LogP) is 5.20. The minimum atomic E-state index is -0.577. The summed E-state index contributed by atoms with van der Waals surface area (Å²) in [4.78, 5) is 0. The van der Waals surface area contributed by atoms with Crippen molar-refractivity contribution in [1.82, 2.24) is 0 Å². The van der Waals surface area contributed by atoms with Crippen molar-refractivity contribution in [2.45, 2.75) is 32.6 Å². The summed E-state index contributed by atoms with van der Waals surface area (Å²) >= 11 is 0. The first-order valence-electron chi connectivity index (χ1n) is 8.37. The van der Waals surface area contributed by atoms with E-state index in [1.165, 1.54) is 0 Å². The fourth-order valence-electron chi connectivity index (χ4n) is 2.26. The molecule has 0 spiro atoms. The molecule has 0 radical (unpaired) electrons. The first kappa shape index (κ1) is 19.9. The zero-order valence-corrected chi connectivity index (χ0v) is 17.0. The molecule has 0 amide bonds. The average molecular weight is 514 g/mol. The molecule has 2 aromatic rings. The van der Waals surface area contributed by atoms with Gasteiger partial charge in [0.15, 0.2) is 0 Å². The Kier molecular flexibility index (Phi) is 7.43. The Morgan fingerprint density at radius 2 is 1.52 bits per heavy atom. The van der Waals surface area contributed by atoms with E-state index in [1.807, 2.05) is 6.92 Å². The molecule has 1 aliphatic carbocycles. The predicted molar refractivity (Wildman–Crippen MR) is 88.1 cm³/mol. The van der Waals surface area contributed by atoms with Gasteiger partial charge in [0, 0.05) is 0 Å².